The van der Waals surface area contributed by atoms with Crippen LogP contribution in [0.3, 0.4) is 0 Å². The maximum absolute atomic E-state index is 12.4. The first-order valence-electron chi connectivity index (χ1n) is 7.48. The van der Waals surface area contributed by atoms with E-state index in [1.165, 1.54) is 0 Å². The Morgan fingerprint density at radius 1 is 1.14 bits per heavy atom. The Kier molecular flexibility index (Phi) is 4.39. The van der Waals surface area contributed by atoms with E-state index in [0.29, 0.717) is 0 Å². The molecule has 22 heavy (non-hydrogen) atoms. The zero-order valence-corrected chi connectivity index (χ0v) is 12.6. The molecule has 2 N–H and O–H groups in total. The van der Waals surface area contributed by atoms with Crippen molar-refractivity contribution in [3.05, 3.63) is 65.7 Å². The van der Waals surface area contributed by atoms with Crippen molar-refractivity contribution in [1.29, 1.82) is 0 Å². The van der Waals surface area contributed by atoms with Gasteiger partial charge in [-0.25, -0.2) is 0 Å². The third kappa shape index (κ3) is 2.97. The van der Waals surface area contributed by atoms with Crippen molar-refractivity contribution in [2.45, 2.75) is 6.04 Å². The number of amides is 1. The van der Waals surface area contributed by atoms with E-state index in [0.717, 1.165) is 30.0 Å². The van der Waals surface area contributed by atoms with E-state index in [2.05, 4.69) is 10.6 Å². The van der Waals surface area contributed by atoms with Gasteiger partial charge in [-0.1, -0.05) is 48.5 Å². The molecule has 2 aromatic rings. The SMILES string of the molecule is COc1ccccc1C(NC(=O)C1CNC1)c1ccccc1. The largest absolute Gasteiger partial charge is 0.496 e. The molecule has 1 aliphatic rings. The van der Waals surface area contributed by atoms with Gasteiger partial charge in [-0.3, -0.25) is 4.79 Å². The van der Waals surface area contributed by atoms with Gasteiger partial charge in [0.25, 0.3) is 0 Å². The molecule has 114 valence electrons. The lowest BCUT2D eigenvalue weighted by molar-refractivity contribution is -0.126. The van der Waals surface area contributed by atoms with Gasteiger partial charge < -0.3 is 15.4 Å². The molecule has 2 aromatic carbocycles. The van der Waals surface area contributed by atoms with Crippen LogP contribution in [0.5, 0.6) is 5.75 Å². The number of hydrogen-bond acceptors (Lipinski definition) is 3. The summed E-state index contributed by atoms with van der Waals surface area (Å²) in [5.41, 5.74) is 2.02. The van der Waals surface area contributed by atoms with Crippen LogP contribution in [-0.2, 0) is 4.79 Å². The fourth-order valence-corrected chi connectivity index (χ4v) is 2.63. The second-order valence-electron chi connectivity index (χ2n) is 5.45. The molecule has 0 radical (unpaired) electrons. The predicted octanol–water partition coefficient (Wildman–Crippen LogP) is 2.12. The first kappa shape index (κ1) is 14.6. The van der Waals surface area contributed by atoms with Crippen LogP contribution in [0.1, 0.15) is 17.2 Å². The molecule has 0 aromatic heterocycles. The Bertz CT molecular complexity index is 639. The summed E-state index contributed by atoms with van der Waals surface area (Å²) in [5, 5.41) is 6.30. The van der Waals surface area contributed by atoms with Gasteiger partial charge in [0.1, 0.15) is 5.75 Å². The highest BCUT2D eigenvalue weighted by atomic mass is 16.5. The van der Waals surface area contributed by atoms with E-state index in [4.69, 9.17) is 4.74 Å². The van der Waals surface area contributed by atoms with Gasteiger partial charge in [0.15, 0.2) is 0 Å². The predicted molar refractivity (Wildman–Crippen MR) is 85.8 cm³/mol. The van der Waals surface area contributed by atoms with Crippen molar-refractivity contribution in [1.82, 2.24) is 10.6 Å². The second kappa shape index (κ2) is 6.62. The first-order chi connectivity index (χ1) is 10.8. The average molecular weight is 296 g/mol. The molecule has 1 unspecified atom stereocenters. The number of rotatable bonds is 5. The molecule has 0 saturated carbocycles. The zero-order chi connectivity index (χ0) is 15.4. The molecule has 4 heteroatoms. The summed E-state index contributed by atoms with van der Waals surface area (Å²) < 4.78 is 5.47. The summed E-state index contributed by atoms with van der Waals surface area (Å²) in [6.45, 7) is 1.50. The molecule has 1 fully saturated rings. The summed E-state index contributed by atoms with van der Waals surface area (Å²) in [6.07, 6.45) is 0. The molecule has 4 nitrogen and oxygen atoms in total. The molecule has 0 aliphatic carbocycles. The van der Waals surface area contributed by atoms with Crippen molar-refractivity contribution < 1.29 is 9.53 Å². The van der Waals surface area contributed by atoms with Gasteiger partial charge in [-0.05, 0) is 11.6 Å². The normalized spacial score (nSPS) is 15.7. The molecular weight excluding hydrogens is 276 g/mol. The Balaban J connectivity index is 1.93. The zero-order valence-electron chi connectivity index (χ0n) is 12.6. The average Bonchev–Trinajstić information content (AvgIpc) is 2.52. The summed E-state index contributed by atoms with van der Waals surface area (Å²) in [6, 6.07) is 17.6. The highest BCUT2D eigenvalue weighted by Gasteiger charge is 2.28. The third-order valence-corrected chi connectivity index (χ3v) is 4.02. The lowest BCUT2D eigenvalue weighted by Crippen LogP contribution is -2.51. The van der Waals surface area contributed by atoms with E-state index < -0.39 is 0 Å². The van der Waals surface area contributed by atoms with E-state index in [-0.39, 0.29) is 17.9 Å². The lowest BCUT2D eigenvalue weighted by atomic mass is 9.95. The first-order valence-corrected chi connectivity index (χ1v) is 7.48. The maximum Gasteiger partial charge on any atom is 0.226 e. The number of carbonyl (C=O) groups is 1. The van der Waals surface area contributed by atoms with Crippen molar-refractivity contribution in [2.24, 2.45) is 5.92 Å². The number of para-hydroxylation sites is 1. The van der Waals surface area contributed by atoms with Gasteiger partial charge >= 0.3 is 0 Å². The molecule has 1 amide bonds. The molecule has 1 aliphatic heterocycles. The fourth-order valence-electron chi connectivity index (χ4n) is 2.63. The van der Waals surface area contributed by atoms with E-state index in [1.54, 1.807) is 7.11 Å². The minimum Gasteiger partial charge on any atom is -0.496 e. The standard InChI is InChI=1S/C18H20N2O2/c1-22-16-10-6-5-9-15(16)17(13-7-3-2-4-8-13)20-18(21)14-11-19-12-14/h2-10,14,17,19H,11-12H2,1H3,(H,20,21). The van der Waals surface area contributed by atoms with Crippen LogP contribution in [0.4, 0.5) is 0 Å². The molecule has 1 saturated heterocycles. The third-order valence-electron chi connectivity index (χ3n) is 4.02. The fraction of sp³-hybridized carbons (Fsp3) is 0.278. The Labute approximate surface area is 130 Å². The quantitative estimate of drug-likeness (QED) is 0.888. The molecule has 1 atom stereocenters. The summed E-state index contributed by atoms with van der Waals surface area (Å²) in [7, 11) is 1.65. The van der Waals surface area contributed by atoms with Crippen molar-refractivity contribution >= 4 is 5.91 Å². The minimum atomic E-state index is -0.203. The maximum atomic E-state index is 12.4. The molecule has 0 spiro atoms. The Morgan fingerprint density at radius 2 is 1.82 bits per heavy atom. The van der Waals surface area contributed by atoms with E-state index >= 15 is 0 Å². The highest BCUT2D eigenvalue weighted by molar-refractivity contribution is 5.81. The van der Waals surface area contributed by atoms with E-state index in [1.807, 2.05) is 54.6 Å². The molecule has 3 rings (SSSR count). The van der Waals surface area contributed by atoms with Crippen LogP contribution in [-0.4, -0.2) is 26.1 Å². The van der Waals surface area contributed by atoms with Crippen LogP contribution in [0, 0.1) is 5.92 Å². The summed E-state index contributed by atoms with van der Waals surface area (Å²) in [4.78, 5) is 12.4. The lowest BCUT2D eigenvalue weighted by Gasteiger charge is -2.29. The number of nitrogens with one attached hydrogen (secondary N) is 2. The Hall–Kier alpha value is -2.33. The number of carbonyl (C=O) groups excluding carboxylic acids is 1. The van der Waals surface area contributed by atoms with Gasteiger partial charge in [-0.15, -0.1) is 0 Å². The van der Waals surface area contributed by atoms with Gasteiger partial charge in [0.05, 0.1) is 19.1 Å². The highest BCUT2D eigenvalue weighted by Crippen LogP contribution is 2.30. The number of methoxy groups -OCH3 is 1. The van der Waals surface area contributed by atoms with Crippen LogP contribution < -0.4 is 15.4 Å². The van der Waals surface area contributed by atoms with Crippen LogP contribution in [0.2, 0.25) is 0 Å². The van der Waals surface area contributed by atoms with Gasteiger partial charge in [0.2, 0.25) is 5.91 Å². The minimum absolute atomic E-state index is 0.0564. The summed E-state index contributed by atoms with van der Waals surface area (Å²) in [5.74, 6) is 0.919. The number of ether oxygens (including phenoxy) is 1. The van der Waals surface area contributed by atoms with Crippen LogP contribution in [0.15, 0.2) is 54.6 Å². The smallest absolute Gasteiger partial charge is 0.226 e. The number of benzene rings is 2. The number of hydrogen-bond donors (Lipinski definition) is 2. The van der Waals surface area contributed by atoms with E-state index in [9.17, 15) is 4.79 Å². The van der Waals surface area contributed by atoms with Crippen molar-refractivity contribution in [3.8, 4) is 5.75 Å². The van der Waals surface area contributed by atoms with Gasteiger partial charge in [0, 0.05) is 18.7 Å². The Morgan fingerprint density at radius 3 is 2.45 bits per heavy atom. The van der Waals surface area contributed by atoms with Crippen molar-refractivity contribution in [2.75, 3.05) is 20.2 Å². The molecule has 0 bridgehead atoms. The van der Waals surface area contributed by atoms with Crippen LogP contribution in [0.25, 0.3) is 0 Å². The van der Waals surface area contributed by atoms with Crippen LogP contribution >= 0.6 is 0 Å². The molecular formula is C18H20N2O2. The van der Waals surface area contributed by atoms with Crippen molar-refractivity contribution in [3.63, 3.8) is 0 Å². The van der Waals surface area contributed by atoms with Gasteiger partial charge in [-0.2, -0.15) is 0 Å². The summed E-state index contributed by atoms with van der Waals surface area (Å²) >= 11 is 0. The molecule has 1 heterocycles. The second-order valence-corrected chi connectivity index (χ2v) is 5.45. The topological polar surface area (TPSA) is 50.4 Å². The monoisotopic (exact) mass is 296 g/mol.